The molecule has 0 atom stereocenters. The number of amides is 1. The van der Waals surface area contributed by atoms with Gasteiger partial charge in [-0.05, 0) is 28.8 Å². The molecule has 1 amide bonds. The predicted octanol–water partition coefficient (Wildman–Crippen LogP) is -0.180. The summed E-state index contributed by atoms with van der Waals surface area (Å²) >= 11 is 3.06. The minimum atomic E-state index is -3.80. The Balaban J connectivity index is 2.15. The van der Waals surface area contributed by atoms with E-state index in [9.17, 15) is 13.2 Å². The number of hydrogen-bond donors (Lipinski definition) is 0. The Morgan fingerprint density at radius 1 is 1.40 bits per heavy atom. The lowest BCUT2D eigenvalue weighted by atomic mass is 10.4. The highest BCUT2D eigenvalue weighted by atomic mass is 79.9. The monoisotopic (exact) mass is 365 g/mol. The molecule has 0 aliphatic carbocycles. The first-order valence-electron chi connectivity index (χ1n) is 6.13. The third-order valence-electron chi connectivity index (χ3n) is 3.21. The molecule has 1 aliphatic heterocycles. The fourth-order valence-electron chi connectivity index (χ4n) is 2.09. The van der Waals surface area contributed by atoms with Crippen molar-refractivity contribution in [3.8, 4) is 0 Å². The highest BCUT2D eigenvalue weighted by Gasteiger charge is 2.31. The van der Waals surface area contributed by atoms with Crippen LogP contribution < -0.4 is 0 Å². The van der Waals surface area contributed by atoms with E-state index in [1.165, 1.54) is 14.1 Å². The number of aryl methyl sites for hydroxylation is 1. The molecule has 112 valence electrons. The summed E-state index contributed by atoms with van der Waals surface area (Å²) < 4.78 is 27.1. The Morgan fingerprint density at radius 2 is 2.00 bits per heavy atom. The van der Waals surface area contributed by atoms with Crippen LogP contribution in [-0.4, -0.2) is 65.2 Å². The Kier molecular flexibility index (Phi) is 4.45. The Labute approximate surface area is 125 Å². The van der Waals surface area contributed by atoms with Crippen LogP contribution in [-0.2, 0) is 21.9 Å². The van der Waals surface area contributed by atoms with Crippen molar-refractivity contribution in [3.05, 3.63) is 4.60 Å². The summed E-state index contributed by atoms with van der Waals surface area (Å²) in [5.74, 6) is -0.181. The SMILES string of the molecule is CN(CC(=O)N1CCCC1)S(=O)(=O)c1c(Br)nnn1C. The van der Waals surface area contributed by atoms with Gasteiger partial charge in [-0.15, -0.1) is 5.10 Å². The lowest BCUT2D eigenvalue weighted by Gasteiger charge is -2.20. The van der Waals surface area contributed by atoms with Gasteiger partial charge < -0.3 is 4.90 Å². The number of carbonyl (C=O) groups excluding carboxylic acids is 1. The van der Waals surface area contributed by atoms with Gasteiger partial charge in [0, 0.05) is 27.2 Å². The van der Waals surface area contributed by atoms with Crippen molar-refractivity contribution >= 4 is 31.9 Å². The minimum Gasteiger partial charge on any atom is -0.342 e. The number of sulfonamides is 1. The summed E-state index contributed by atoms with van der Waals surface area (Å²) in [5, 5.41) is 7.23. The van der Waals surface area contributed by atoms with E-state index in [1.807, 2.05) is 0 Å². The molecule has 0 spiro atoms. The lowest BCUT2D eigenvalue weighted by Crippen LogP contribution is -2.40. The van der Waals surface area contributed by atoms with E-state index in [4.69, 9.17) is 0 Å². The van der Waals surface area contributed by atoms with Crippen LogP contribution in [0.5, 0.6) is 0 Å². The van der Waals surface area contributed by atoms with Crippen molar-refractivity contribution < 1.29 is 13.2 Å². The second kappa shape index (κ2) is 5.78. The standard InChI is InChI=1S/C10H16BrN5O3S/c1-14(7-8(17)16-5-3-4-6-16)20(18,19)10-9(11)12-13-15(10)2/h3-7H2,1-2H3. The molecule has 1 aromatic heterocycles. The Morgan fingerprint density at radius 3 is 2.50 bits per heavy atom. The zero-order chi connectivity index (χ0) is 14.9. The normalized spacial score (nSPS) is 16.1. The molecule has 0 bridgehead atoms. The molecule has 1 aromatic rings. The van der Waals surface area contributed by atoms with Crippen LogP contribution in [0.3, 0.4) is 0 Å². The number of likely N-dealkylation sites (tertiary alicyclic amines) is 1. The van der Waals surface area contributed by atoms with Crippen molar-refractivity contribution in [2.75, 3.05) is 26.7 Å². The van der Waals surface area contributed by atoms with Crippen molar-refractivity contribution in [2.24, 2.45) is 7.05 Å². The number of hydrogen-bond acceptors (Lipinski definition) is 5. The summed E-state index contributed by atoms with van der Waals surface area (Å²) in [6.45, 7) is 1.22. The summed E-state index contributed by atoms with van der Waals surface area (Å²) in [7, 11) is -0.940. The molecule has 0 N–H and O–H groups in total. The Bertz CT molecular complexity index is 589. The summed E-state index contributed by atoms with van der Waals surface area (Å²) in [5.41, 5.74) is 0. The number of nitrogens with zero attached hydrogens (tertiary/aromatic N) is 5. The predicted molar refractivity (Wildman–Crippen MR) is 74.3 cm³/mol. The topological polar surface area (TPSA) is 88.4 Å². The van der Waals surface area contributed by atoms with Crippen LogP contribution in [0, 0.1) is 0 Å². The number of rotatable bonds is 4. The number of halogens is 1. The molecule has 2 heterocycles. The van der Waals surface area contributed by atoms with Gasteiger partial charge in [-0.1, -0.05) is 5.21 Å². The number of aromatic nitrogens is 3. The van der Waals surface area contributed by atoms with E-state index >= 15 is 0 Å². The fraction of sp³-hybridized carbons (Fsp3) is 0.700. The van der Waals surface area contributed by atoms with E-state index in [0.29, 0.717) is 13.1 Å². The van der Waals surface area contributed by atoms with Gasteiger partial charge in [0.1, 0.15) is 0 Å². The van der Waals surface area contributed by atoms with Crippen molar-refractivity contribution in [1.29, 1.82) is 0 Å². The average Bonchev–Trinajstić information content (AvgIpc) is 2.99. The van der Waals surface area contributed by atoms with Crippen LogP contribution >= 0.6 is 15.9 Å². The van der Waals surface area contributed by atoms with Gasteiger partial charge in [0.2, 0.25) is 10.9 Å². The summed E-state index contributed by atoms with van der Waals surface area (Å²) in [6.07, 6.45) is 1.94. The maximum Gasteiger partial charge on any atom is 0.263 e. The molecule has 1 fully saturated rings. The van der Waals surface area contributed by atoms with E-state index in [2.05, 4.69) is 26.2 Å². The van der Waals surface area contributed by atoms with Crippen molar-refractivity contribution in [2.45, 2.75) is 17.9 Å². The van der Waals surface area contributed by atoms with Gasteiger partial charge in [0.05, 0.1) is 6.54 Å². The molecule has 2 rings (SSSR count). The second-order valence-corrected chi connectivity index (χ2v) is 7.37. The van der Waals surface area contributed by atoms with Crippen LogP contribution in [0.1, 0.15) is 12.8 Å². The van der Waals surface area contributed by atoms with E-state index in [1.54, 1.807) is 4.90 Å². The molecule has 0 radical (unpaired) electrons. The van der Waals surface area contributed by atoms with Gasteiger partial charge in [-0.3, -0.25) is 4.79 Å². The largest absolute Gasteiger partial charge is 0.342 e. The molecule has 8 nitrogen and oxygen atoms in total. The minimum absolute atomic E-state index is 0.0609. The molecule has 0 aromatic carbocycles. The van der Waals surface area contributed by atoms with Gasteiger partial charge in [-0.2, -0.15) is 4.31 Å². The molecule has 20 heavy (non-hydrogen) atoms. The number of carbonyl (C=O) groups is 1. The van der Waals surface area contributed by atoms with Gasteiger partial charge in [0.25, 0.3) is 10.0 Å². The van der Waals surface area contributed by atoms with Crippen molar-refractivity contribution in [3.63, 3.8) is 0 Å². The van der Waals surface area contributed by atoms with Crippen LogP contribution in [0.2, 0.25) is 0 Å². The fourth-order valence-corrected chi connectivity index (χ4v) is 4.23. The summed E-state index contributed by atoms with van der Waals surface area (Å²) in [6, 6.07) is 0. The molecule has 10 heteroatoms. The first kappa shape index (κ1) is 15.4. The lowest BCUT2D eigenvalue weighted by molar-refractivity contribution is -0.130. The van der Waals surface area contributed by atoms with Crippen molar-refractivity contribution in [1.82, 2.24) is 24.2 Å². The first-order valence-corrected chi connectivity index (χ1v) is 8.36. The molecule has 1 saturated heterocycles. The third kappa shape index (κ3) is 2.86. The van der Waals surface area contributed by atoms with Crippen LogP contribution in [0.4, 0.5) is 0 Å². The maximum atomic E-state index is 12.4. The van der Waals surface area contributed by atoms with Crippen LogP contribution in [0.15, 0.2) is 9.63 Å². The molecular formula is C10H16BrN5O3S. The molecule has 0 unspecified atom stereocenters. The first-order chi connectivity index (χ1) is 9.34. The molecule has 0 saturated carbocycles. The highest BCUT2D eigenvalue weighted by Crippen LogP contribution is 2.21. The zero-order valence-electron chi connectivity index (χ0n) is 11.3. The van der Waals surface area contributed by atoms with Crippen LogP contribution in [0.25, 0.3) is 0 Å². The van der Waals surface area contributed by atoms with E-state index < -0.39 is 10.0 Å². The van der Waals surface area contributed by atoms with Gasteiger partial charge in [-0.25, -0.2) is 13.1 Å². The van der Waals surface area contributed by atoms with E-state index in [0.717, 1.165) is 21.8 Å². The molecule has 1 aliphatic rings. The Hall–Kier alpha value is -1.00. The highest BCUT2D eigenvalue weighted by molar-refractivity contribution is 9.10. The zero-order valence-corrected chi connectivity index (χ0v) is 13.7. The van der Waals surface area contributed by atoms with Gasteiger partial charge in [0.15, 0.2) is 4.60 Å². The van der Waals surface area contributed by atoms with E-state index in [-0.39, 0.29) is 22.1 Å². The third-order valence-corrected chi connectivity index (χ3v) is 5.90. The van der Waals surface area contributed by atoms with Gasteiger partial charge >= 0.3 is 0 Å². The molecular weight excluding hydrogens is 350 g/mol. The second-order valence-electron chi connectivity index (χ2n) is 4.66. The average molecular weight is 366 g/mol. The summed E-state index contributed by atoms with van der Waals surface area (Å²) in [4.78, 5) is 13.7. The smallest absolute Gasteiger partial charge is 0.263 e. The number of likely N-dealkylation sites (N-methyl/N-ethyl adjacent to an activating group) is 1. The quantitative estimate of drug-likeness (QED) is 0.738. The maximum absolute atomic E-state index is 12.4.